The Morgan fingerprint density at radius 1 is 1.53 bits per heavy atom. The molecule has 0 amide bonds. The second kappa shape index (κ2) is 4.28. The van der Waals surface area contributed by atoms with Gasteiger partial charge in [0.2, 0.25) is 0 Å². The molecule has 2 heterocycles. The van der Waals surface area contributed by atoms with Crippen molar-refractivity contribution in [1.82, 2.24) is 10.3 Å². The van der Waals surface area contributed by atoms with Gasteiger partial charge < -0.3 is 5.32 Å². The monoisotopic (exact) mass is 225 g/mol. The lowest BCUT2D eigenvalue weighted by molar-refractivity contribution is 0.622. The maximum absolute atomic E-state index is 12.3. The largest absolute Gasteiger partial charge is 0.316 e. The van der Waals surface area contributed by atoms with E-state index in [2.05, 4.69) is 14.7 Å². The summed E-state index contributed by atoms with van der Waals surface area (Å²) in [7, 11) is -0.128. The van der Waals surface area contributed by atoms with Crippen LogP contribution in [-0.2, 0) is 9.73 Å². The molecule has 1 aromatic heterocycles. The van der Waals surface area contributed by atoms with Crippen molar-refractivity contribution in [1.29, 1.82) is 0 Å². The summed E-state index contributed by atoms with van der Waals surface area (Å²) in [6, 6.07) is 3.93. The van der Waals surface area contributed by atoms with Gasteiger partial charge >= 0.3 is 0 Å². The predicted octanol–water partition coefficient (Wildman–Crippen LogP) is 1.17. The highest BCUT2D eigenvalue weighted by molar-refractivity contribution is 7.94. The molecule has 0 saturated carbocycles. The van der Waals surface area contributed by atoms with Crippen LogP contribution in [-0.4, -0.2) is 33.8 Å². The van der Waals surface area contributed by atoms with E-state index in [4.69, 9.17) is 0 Å². The lowest BCUT2D eigenvalue weighted by Crippen LogP contribution is -2.25. The van der Waals surface area contributed by atoms with Crippen LogP contribution in [0.1, 0.15) is 6.42 Å². The number of pyridine rings is 1. The highest BCUT2D eigenvalue weighted by Gasteiger charge is 2.25. The Bertz CT molecular complexity index is 437. The quantitative estimate of drug-likeness (QED) is 0.822. The first-order valence-corrected chi connectivity index (χ1v) is 6.87. The molecular weight excluding hydrogens is 210 g/mol. The van der Waals surface area contributed by atoms with Gasteiger partial charge in [0.05, 0.1) is 15.4 Å². The average molecular weight is 225 g/mol. The highest BCUT2D eigenvalue weighted by Crippen LogP contribution is 2.20. The van der Waals surface area contributed by atoms with Crippen LogP contribution in [0.4, 0.5) is 5.69 Å². The zero-order chi connectivity index (χ0) is 10.7. The number of hydrogen-bond acceptors (Lipinski definition) is 4. The van der Waals surface area contributed by atoms with Gasteiger partial charge in [0, 0.05) is 29.9 Å². The molecule has 2 atom stereocenters. The summed E-state index contributed by atoms with van der Waals surface area (Å²) in [5.41, 5.74) is 0.770. The van der Waals surface area contributed by atoms with Crippen LogP contribution in [0.2, 0.25) is 0 Å². The Labute approximate surface area is 90.3 Å². The molecule has 1 saturated heterocycles. The molecule has 1 aliphatic rings. The number of nitrogens with zero attached hydrogens (tertiary/aromatic N) is 2. The molecule has 1 N–H and O–H groups in total. The van der Waals surface area contributed by atoms with Gasteiger partial charge in [-0.25, -0.2) is 4.21 Å². The highest BCUT2D eigenvalue weighted by atomic mass is 32.2. The van der Waals surface area contributed by atoms with Gasteiger partial charge in [-0.2, -0.15) is 4.36 Å². The van der Waals surface area contributed by atoms with E-state index in [1.54, 1.807) is 24.5 Å². The molecular formula is C10H15N3OS. The van der Waals surface area contributed by atoms with Crippen molar-refractivity contribution < 1.29 is 4.21 Å². The van der Waals surface area contributed by atoms with Gasteiger partial charge in [0.25, 0.3) is 0 Å². The molecule has 82 valence electrons. The summed E-state index contributed by atoms with van der Waals surface area (Å²) in [6.07, 6.45) is 4.29. The van der Waals surface area contributed by atoms with Gasteiger partial charge in [-0.15, -0.1) is 0 Å². The van der Waals surface area contributed by atoms with Gasteiger partial charge in [0.15, 0.2) is 0 Å². The van der Waals surface area contributed by atoms with E-state index in [0.717, 1.165) is 12.1 Å². The molecule has 0 spiro atoms. The fraction of sp³-hybridized carbons (Fsp3) is 0.500. The van der Waals surface area contributed by atoms with Gasteiger partial charge in [0.1, 0.15) is 0 Å². The van der Waals surface area contributed by atoms with Gasteiger partial charge in [-0.05, 0) is 25.6 Å². The Morgan fingerprint density at radius 3 is 2.87 bits per heavy atom. The fourth-order valence-corrected chi connectivity index (χ4v) is 4.17. The molecule has 1 fully saturated rings. The third kappa shape index (κ3) is 2.54. The van der Waals surface area contributed by atoms with Gasteiger partial charge in [-0.3, -0.25) is 4.98 Å². The Balaban J connectivity index is 2.24. The number of hydrogen-bond donors (Lipinski definition) is 1. The minimum absolute atomic E-state index is 0.350. The van der Waals surface area contributed by atoms with E-state index in [1.165, 1.54) is 0 Å². The summed E-state index contributed by atoms with van der Waals surface area (Å²) < 4.78 is 16.6. The average Bonchev–Trinajstić information content (AvgIpc) is 2.61. The standard InChI is InChI=1S/C10H15N3OS/c1-11-10-4-7-15(14,8-10)13-9-2-5-12-6-3-9/h2-3,5-6,10-11H,4,7-8H2,1H3. The maximum atomic E-state index is 12.3. The predicted molar refractivity (Wildman–Crippen MR) is 61.7 cm³/mol. The lowest BCUT2D eigenvalue weighted by Gasteiger charge is -2.04. The normalized spacial score (nSPS) is 30.3. The lowest BCUT2D eigenvalue weighted by atomic mass is 10.3. The van der Waals surface area contributed by atoms with Crippen LogP contribution in [0.5, 0.6) is 0 Å². The van der Waals surface area contributed by atoms with Crippen molar-refractivity contribution in [2.45, 2.75) is 12.5 Å². The molecule has 0 bridgehead atoms. The van der Waals surface area contributed by atoms with Crippen LogP contribution >= 0.6 is 0 Å². The molecule has 1 aliphatic heterocycles. The fourth-order valence-electron chi connectivity index (χ4n) is 1.72. The summed E-state index contributed by atoms with van der Waals surface area (Å²) in [4.78, 5) is 3.91. The van der Waals surface area contributed by atoms with E-state index in [1.807, 2.05) is 7.05 Å². The van der Waals surface area contributed by atoms with E-state index in [-0.39, 0.29) is 0 Å². The van der Waals surface area contributed by atoms with Gasteiger partial charge in [-0.1, -0.05) is 0 Å². The van der Waals surface area contributed by atoms with Crippen molar-refractivity contribution in [2.75, 3.05) is 18.6 Å². The molecule has 4 nitrogen and oxygen atoms in total. The van der Waals surface area contributed by atoms with Crippen molar-refractivity contribution in [2.24, 2.45) is 4.36 Å². The zero-order valence-corrected chi connectivity index (χ0v) is 9.54. The molecule has 0 aromatic carbocycles. The van der Waals surface area contributed by atoms with Crippen molar-refractivity contribution in [3.63, 3.8) is 0 Å². The summed E-state index contributed by atoms with van der Waals surface area (Å²) in [5, 5.41) is 3.15. The maximum Gasteiger partial charge on any atom is 0.0760 e. The number of rotatable bonds is 2. The third-order valence-electron chi connectivity index (χ3n) is 2.59. The smallest absolute Gasteiger partial charge is 0.0760 e. The molecule has 15 heavy (non-hydrogen) atoms. The molecule has 0 radical (unpaired) electrons. The van der Waals surface area contributed by atoms with E-state index < -0.39 is 9.73 Å². The Morgan fingerprint density at radius 2 is 2.27 bits per heavy atom. The second-order valence-electron chi connectivity index (χ2n) is 3.71. The first-order valence-electron chi connectivity index (χ1n) is 5.02. The summed E-state index contributed by atoms with van der Waals surface area (Å²) in [5.74, 6) is 1.35. The molecule has 0 aliphatic carbocycles. The van der Waals surface area contributed by atoms with Crippen LogP contribution in [0.25, 0.3) is 0 Å². The SMILES string of the molecule is CNC1CCS(=O)(=Nc2ccncc2)C1. The van der Waals surface area contributed by atoms with Crippen molar-refractivity contribution in [3.05, 3.63) is 24.5 Å². The van der Waals surface area contributed by atoms with E-state index in [0.29, 0.717) is 17.5 Å². The summed E-state index contributed by atoms with van der Waals surface area (Å²) >= 11 is 0. The van der Waals surface area contributed by atoms with E-state index >= 15 is 0 Å². The van der Waals surface area contributed by atoms with Crippen molar-refractivity contribution in [3.8, 4) is 0 Å². The van der Waals surface area contributed by atoms with Crippen LogP contribution in [0, 0.1) is 0 Å². The van der Waals surface area contributed by atoms with E-state index in [9.17, 15) is 4.21 Å². The topological polar surface area (TPSA) is 54.4 Å². The number of nitrogens with one attached hydrogen (secondary N) is 1. The van der Waals surface area contributed by atoms with Crippen LogP contribution < -0.4 is 5.32 Å². The molecule has 5 heteroatoms. The summed E-state index contributed by atoms with van der Waals surface area (Å²) in [6.45, 7) is 0. The second-order valence-corrected chi connectivity index (χ2v) is 6.18. The van der Waals surface area contributed by atoms with Crippen molar-refractivity contribution >= 4 is 15.4 Å². The molecule has 1 aromatic rings. The first-order chi connectivity index (χ1) is 7.22. The van der Waals surface area contributed by atoms with Crippen LogP contribution in [0.3, 0.4) is 0 Å². The number of aromatic nitrogens is 1. The Hall–Kier alpha value is -0.940. The zero-order valence-electron chi connectivity index (χ0n) is 8.72. The Kier molecular flexibility index (Phi) is 3.02. The minimum Gasteiger partial charge on any atom is -0.316 e. The minimum atomic E-state index is -2.03. The first kappa shape index (κ1) is 10.6. The molecule has 2 rings (SSSR count). The molecule has 2 unspecified atom stereocenters. The third-order valence-corrected chi connectivity index (χ3v) is 4.93. The van der Waals surface area contributed by atoms with Crippen LogP contribution in [0.15, 0.2) is 28.9 Å².